The molecule has 0 bridgehead atoms. The molecule has 1 atom stereocenters. The molecule has 3 heterocycles. The summed E-state index contributed by atoms with van der Waals surface area (Å²) in [6.45, 7) is 5.52. The van der Waals surface area contributed by atoms with Gasteiger partial charge in [-0.1, -0.05) is 42.1 Å². The Bertz CT molecular complexity index is 973. The van der Waals surface area contributed by atoms with Crippen LogP contribution in [0.2, 0.25) is 0 Å². The molecule has 1 fully saturated rings. The molecule has 6 heteroatoms. The van der Waals surface area contributed by atoms with Gasteiger partial charge in [0.25, 0.3) is 5.56 Å². The van der Waals surface area contributed by atoms with Gasteiger partial charge in [-0.2, -0.15) is 0 Å². The third-order valence-electron chi connectivity index (χ3n) is 4.79. The van der Waals surface area contributed by atoms with Crippen LogP contribution in [0.3, 0.4) is 0 Å². The van der Waals surface area contributed by atoms with Gasteiger partial charge in [-0.15, -0.1) is 11.3 Å². The van der Waals surface area contributed by atoms with E-state index in [2.05, 4.69) is 12.1 Å². The Morgan fingerprint density at radius 3 is 2.85 bits per heavy atom. The minimum Gasteiger partial charge on any atom is -0.377 e. The van der Waals surface area contributed by atoms with E-state index in [0.29, 0.717) is 6.54 Å². The maximum atomic E-state index is 13.1. The summed E-state index contributed by atoms with van der Waals surface area (Å²) < 4.78 is 7.52. The van der Waals surface area contributed by atoms with Crippen LogP contribution in [0.5, 0.6) is 0 Å². The fourth-order valence-corrected chi connectivity index (χ4v) is 5.75. The number of thiophene rings is 1. The first-order valence-corrected chi connectivity index (χ1v) is 10.8. The van der Waals surface area contributed by atoms with Crippen LogP contribution in [0.25, 0.3) is 20.7 Å². The standard InChI is InChI=1S/C20H22N2O2S2/c1-3-22-19(23)16-13(2)17(14-8-5-4-6-9-14)26-18(16)21-20(22)25-12-15-10-7-11-24-15/h4-6,8-9,15H,3,7,10-12H2,1-2H3/t15-/m0/s1. The second kappa shape index (κ2) is 7.55. The average molecular weight is 387 g/mol. The Morgan fingerprint density at radius 1 is 1.35 bits per heavy atom. The number of hydrogen-bond donors (Lipinski definition) is 0. The second-order valence-corrected chi connectivity index (χ2v) is 8.48. The lowest BCUT2D eigenvalue weighted by atomic mass is 10.1. The molecule has 0 aliphatic carbocycles. The highest BCUT2D eigenvalue weighted by Gasteiger charge is 2.21. The summed E-state index contributed by atoms with van der Waals surface area (Å²) in [5.41, 5.74) is 2.25. The van der Waals surface area contributed by atoms with E-state index >= 15 is 0 Å². The van der Waals surface area contributed by atoms with Gasteiger partial charge in [0.05, 0.1) is 11.5 Å². The third-order valence-corrected chi connectivity index (χ3v) is 7.13. The number of nitrogens with zero attached hydrogens (tertiary/aromatic N) is 2. The Kier molecular flexibility index (Phi) is 5.16. The molecule has 1 aromatic carbocycles. The SMILES string of the molecule is CCn1c(SC[C@@H]2CCCO2)nc2sc(-c3ccccc3)c(C)c2c1=O. The quantitative estimate of drug-likeness (QED) is 0.470. The van der Waals surface area contributed by atoms with Crippen molar-refractivity contribution >= 4 is 33.3 Å². The summed E-state index contributed by atoms with van der Waals surface area (Å²) in [6, 6.07) is 10.2. The highest BCUT2D eigenvalue weighted by atomic mass is 32.2. The van der Waals surface area contributed by atoms with Gasteiger partial charge in [-0.05, 0) is 37.8 Å². The van der Waals surface area contributed by atoms with Crippen molar-refractivity contribution in [1.29, 1.82) is 0 Å². The zero-order chi connectivity index (χ0) is 18.1. The van der Waals surface area contributed by atoms with Crippen LogP contribution < -0.4 is 5.56 Å². The molecular weight excluding hydrogens is 364 g/mol. The van der Waals surface area contributed by atoms with E-state index in [9.17, 15) is 4.79 Å². The van der Waals surface area contributed by atoms with Crippen LogP contribution >= 0.6 is 23.1 Å². The van der Waals surface area contributed by atoms with Crippen LogP contribution in [0.15, 0.2) is 40.3 Å². The van der Waals surface area contributed by atoms with Crippen LogP contribution in [0.4, 0.5) is 0 Å². The van der Waals surface area contributed by atoms with Gasteiger partial charge < -0.3 is 4.74 Å². The minimum absolute atomic E-state index is 0.0725. The fraction of sp³-hybridized carbons (Fsp3) is 0.400. The Hall–Kier alpha value is -1.63. The highest BCUT2D eigenvalue weighted by molar-refractivity contribution is 7.99. The molecule has 2 aromatic heterocycles. The van der Waals surface area contributed by atoms with Crippen molar-refractivity contribution in [3.05, 3.63) is 46.2 Å². The van der Waals surface area contributed by atoms with E-state index in [-0.39, 0.29) is 11.7 Å². The molecule has 1 aliphatic heterocycles. The molecule has 4 rings (SSSR count). The van der Waals surface area contributed by atoms with Gasteiger partial charge in [0.15, 0.2) is 5.16 Å². The van der Waals surface area contributed by atoms with Gasteiger partial charge in [0.2, 0.25) is 0 Å². The molecule has 1 aliphatic rings. The van der Waals surface area contributed by atoms with Crippen molar-refractivity contribution < 1.29 is 4.74 Å². The van der Waals surface area contributed by atoms with Crippen molar-refractivity contribution in [3.8, 4) is 10.4 Å². The van der Waals surface area contributed by atoms with Crippen LogP contribution in [-0.2, 0) is 11.3 Å². The molecule has 26 heavy (non-hydrogen) atoms. The summed E-state index contributed by atoms with van der Waals surface area (Å²) in [7, 11) is 0. The van der Waals surface area contributed by atoms with E-state index < -0.39 is 0 Å². The van der Waals surface area contributed by atoms with E-state index in [1.807, 2.05) is 32.0 Å². The first-order chi connectivity index (χ1) is 12.7. The number of aromatic nitrogens is 2. The van der Waals surface area contributed by atoms with Gasteiger partial charge in [0.1, 0.15) is 4.83 Å². The van der Waals surface area contributed by atoms with E-state index in [4.69, 9.17) is 9.72 Å². The van der Waals surface area contributed by atoms with E-state index in [1.54, 1.807) is 27.7 Å². The molecule has 0 spiro atoms. The predicted molar refractivity (Wildman–Crippen MR) is 109 cm³/mol. The molecule has 4 nitrogen and oxygen atoms in total. The fourth-order valence-electron chi connectivity index (χ4n) is 3.40. The lowest BCUT2D eigenvalue weighted by Gasteiger charge is -2.12. The number of hydrogen-bond acceptors (Lipinski definition) is 5. The first-order valence-electron chi connectivity index (χ1n) is 9.02. The van der Waals surface area contributed by atoms with Gasteiger partial charge in [-0.25, -0.2) is 4.98 Å². The van der Waals surface area contributed by atoms with E-state index in [1.165, 1.54) is 0 Å². The number of thioether (sulfide) groups is 1. The smallest absolute Gasteiger partial charge is 0.263 e. The second-order valence-electron chi connectivity index (χ2n) is 6.49. The summed E-state index contributed by atoms with van der Waals surface area (Å²) in [6.07, 6.45) is 2.51. The van der Waals surface area contributed by atoms with E-state index in [0.717, 1.165) is 56.6 Å². The lowest BCUT2D eigenvalue weighted by Crippen LogP contribution is -2.23. The maximum absolute atomic E-state index is 13.1. The molecule has 1 saturated heterocycles. The van der Waals surface area contributed by atoms with Crippen LogP contribution in [0, 0.1) is 6.92 Å². The van der Waals surface area contributed by atoms with Crippen molar-refractivity contribution in [3.63, 3.8) is 0 Å². The molecule has 136 valence electrons. The van der Waals surface area contributed by atoms with Crippen LogP contribution in [0.1, 0.15) is 25.3 Å². The van der Waals surface area contributed by atoms with Crippen molar-refractivity contribution in [1.82, 2.24) is 9.55 Å². The van der Waals surface area contributed by atoms with Gasteiger partial charge >= 0.3 is 0 Å². The molecule has 0 radical (unpaired) electrons. The number of aryl methyl sites for hydroxylation is 1. The molecular formula is C20H22N2O2S2. The third kappa shape index (κ3) is 3.21. The minimum atomic E-state index is 0.0725. The number of rotatable bonds is 5. The summed E-state index contributed by atoms with van der Waals surface area (Å²) in [4.78, 5) is 20.0. The zero-order valence-electron chi connectivity index (χ0n) is 15.0. The van der Waals surface area contributed by atoms with Crippen molar-refractivity contribution in [2.45, 2.75) is 44.5 Å². The van der Waals surface area contributed by atoms with Gasteiger partial charge in [0, 0.05) is 23.8 Å². The van der Waals surface area contributed by atoms with Crippen LogP contribution in [-0.4, -0.2) is 28.0 Å². The molecule has 0 saturated carbocycles. The summed E-state index contributed by atoms with van der Waals surface area (Å²) >= 11 is 3.26. The monoisotopic (exact) mass is 386 g/mol. The van der Waals surface area contributed by atoms with Crippen molar-refractivity contribution in [2.75, 3.05) is 12.4 Å². The highest BCUT2D eigenvalue weighted by Crippen LogP contribution is 2.36. The average Bonchev–Trinajstić information content (AvgIpc) is 3.29. The molecule has 0 amide bonds. The molecule has 3 aromatic rings. The Morgan fingerprint density at radius 2 is 2.15 bits per heavy atom. The summed E-state index contributed by atoms with van der Waals surface area (Å²) in [5.74, 6) is 0.855. The number of benzene rings is 1. The first kappa shape index (κ1) is 17.8. The number of fused-ring (bicyclic) bond motifs is 1. The molecule has 0 N–H and O–H groups in total. The van der Waals surface area contributed by atoms with Crippen molar-refractivity contribution in [2.24, 2.45) is 0 Å². The Labute approximate surface area is 161 Å². The largest absolute Gasteiger partial charge is 0.377 e. The number of ether oxygens (including phenoxy) is 1. The molecule has 0 unspecified atom stereocenters. The normalized spacial score (nSPS) is 17.2. The maximum Gasteiger partial charge on any atom is 0.263 e. The predicted octanol–water partition coefficient (Wildman–Crippen LogP) is 4.72. The Balaban J connectivity index is 1.78. The topological polar surface area (TPSA) is 44.1 Å². The lowest BCUT2D eigenvalue weighted by molar-refractivity contribution is 0.129. The zero-order valence-corrected chi connectivity index (χ0v) is 16.7. The van der Waals surface area contributed by atoms with Gasteiger partial charge in [-0.3, -0.25) is 9.36 Å². The summed E-state index contributed by atoms with van der Waals surface area (Å²) in [5, 5.41) is 1.57.